The van der Waals surface area contributed by atoms with Crippen molar-refractivity contribution in [3.05, 3.63) is 28.8 Å². The molecule has 0 heterocycles. The van der Waals surface area contributed by atoms with Crippen LogP contribution in [0.3, 0.4) is 0 Å². The molecule has 1 aromatic rings. The molecule has 1 aromatic carbocycles. The molecule has 0 bridgehead atoms. The van der Waals surface area contributed by atoms with E-state index in [0.717, 1.165) is 17.7 Å². The van der Waals surface area contributed by atoms with Crippen molar-refractivity contribution >= 4 is 11.6 Å². The minimum Gasteiger partial charge on any atom is -0.491 e. The molecule has 0 saturated carbocycles. The van der Waals surface area contributed by atoms with Gasteiger partial charge in [0.05, 0.1) is 11.6 Å². The van der Waals surface area contributed by atoms with Gasteiger partial charge in [0.1, 0.15) is 5.75 Å². The zero-order valence-electron chi connectivity index (χ0n) is 9.42. The first-order chi connectivity index (χ1) is 7.79. The second-order valence-electron chi connectivity index (χ2n) is 3.29. The Bertz CT molecular complexity index is 393. The third-order valence-electron chi connectivity index (χ3n) is 2.11. The maximum absolute atomic E-state index is 6.08. The fraction of sp³-hybridized carbons (Fsp3) is 0.385. The van der Waals surface area contributed by atoms with Crippen LogP contribution >= 0.6 is 11.6 Å². The molecular formula is C13H16ClNO. The molecule has 86 valence electrons. The van der Waals surface area contributed by atoms with Crippen molar-refractivity contribution in [2.24, 2.45) is 5.73 Å². The van der Waals surface area contributed by atoms with Crippen molar-refractivity contribution in [3.8, 4) is 17.6 Å². The van der Waals surface area contributed by atoms with Crippen molar-refractivity contribution in [1.29, 1.82) is 0 Å². The van der Waals surface area contributed by atoms with Crippen LogP contribution in [0.5, 0.6) is 5.75 Å². The number of hydrogen-bond acceptors (Lipinski definition) is 2. The summed E-state index contributed by atoms with van der Waals surface area (Å²) in [5, 5.41) is 0.635. The second-order valence-corrected chi connectivity index (χ2v) is 3.70. The van der Waals surface area contributed by atoms with Gasteiger partial charge in [-0.05, 0) is 31.5 Å². The summed E-state index contributed by atoms with van der Waals surface area (Å²) in [5.41, 5.74) is 6.59. The molecule has 0 aliphatic rings. The molecule has 0 spiro atoms. The Hall–Kier alpha value is -1.17. The van der Waals surface area contributed by atoms with Gasteiger partial charge in [-0.15, -0.1) is 11.8 Å². The summed E-state index contributed by atoms with van der Waals surface area (Å²) >= 11 is 6.08. The van der Waals surface area contributed by atoms with Crippen molar-refractivity contribution < 1.29 is 4.74 Å². The van der Waals surface area contributed by atoms with Gasteiger partial charge >= 0.3 is 0 Å². The van der Waals surface area contributed by atoms with E-state index in [1.165, 1.54) is 0 Å². The highest BCUT2D eigenvalue weighted by atomic mass is 35.5. The Labute approximate surface area is 102 Å². The quantitative estimate of drug-likeness (QED) is 0.631. The number of ether oxygens (including phenoxy) is 1. The van der Waals surface area contributed by atoms with Gasteiger partial charge in [0.2, 0.25) is 0 Å². The number of para-hydroxylation sites is 1. The first-order valence-corrected chi connectivity index (χ1v) is 5.67. The van der Waals surface area contributed by atoms with Crippen LogP contribution in [0.2, 0.25) is 5.02 Å². The number of nitrogens with two attached hydrogens (primary N) is 1. The Morgan fingerprint density at radius 2 is 2.25 bits per heavy atom. The summed E-state index contributed by atoms with van der Waals surface area (Å²) in [6.45, 7) is 2.96. The van der Waals surface area contributed by atoms with Crippen LogP contribution in [-0.4, -0.2) is 13.2 Å². The van der Waals surface area contributed by atoms with E-state index in [1.807, 2.05) is 25.1 Å². The lowest BCUT2D eigenvalue weighted by Gasteiger charge is -2.11. The van der Waals surface area contributed by atoms with E-state index in [2.05, 4.69) is 11.8 Å². The van der Waals surface area contributed by atoms with Crippen molar-refractivity contribution in [2.45, 2.75) is 19.8 Å². The first-order valence-electron chi connectivity index (χ1n) is 5.29. The predicted octanol–water partition coefficient (Wildman–Crippen LogP) is 2.63. The minimum atomic E-state index is 0.558. The van der Waals surface area contributed by atoms with Gasteiger partial charge in [-0.3, -0.25) is 0 Å². The maximum Gasteiger partial charge on any atom is 0.141 e. The topological polar surface area (TPSA) is 35.2 Å². The molecule has 1 rings (SSSR count). The zero-order chi connectivity index (χ0) is 11.8. The van der Waals surface area contributed by atoms with Crippen LogP contribution in [-0.2, 0) is 6.42 Å². The molecule has 0 fully saturated rings. The molecule has 2 nitrogen and oxygen atoms in total. The number of halogens is 1. The molecule has 0 aromatic heterocycles. The van der Waals surface area contributed by atoms with E-state index in [9.17, 15) is 0 Å². The maximum atomic E-state index is 6.08. The van der Waals surface area contributed by atoms with E-state index < -0.39 is 0 Å². The van der Waals surface area contributed by atoms with Gasteiger partial charge in [0.15, 0.2) is 0 Å². The summed E-state index contributed by atoms with van der Waals surface area (Å²) < 4.78 is 5.63. The Kier molecular flexibility index (Phi) is 5.77. The Morgan fingerprint density at radius 3 is 2.94 bits per heavy atom. The average Bonchev–Trinajstić information content (AvgIpc) is 2.28. The summed E-state index contributed by atoms with van der Waals surface area (Å²) in [6.07, 6.45) is 1.49. The largest absolute Gasteiger partial charge is 0.491 e. The van der Waals surface area contributed by atoms with Crippen LogP contribution in [0, 0.1) is 11.8 Å². The highest BCUT2D eigenvalue weighted by Crippen LogP contribution is 2.28. The number of rotatable bonds is 5. The minimum absolute atomic E-state index is 0.558. The molecule has 0 unspecified atom stereocenters. The van der Waals surface area contributed by atoms with Gasteiger partial charge in [0, 0.05) is 6.42 Å². The molecule has 0 aliphatic carbocycles. The third-order valence-corrected chi connectivity index (χ3v) is 2.41. The molecule has 0 saturated heterocycles. The van der Waals surface area contributed by atoms with Crippen molar-refractivity contribution in [1.82, 2.24) is 0 Å². The second kappa shape index (κ2) is 7.16. The van der Waals surface area contributed by atoms with Crippen LogP contribution in [0.4, 0.5) is 0 Å². The summed E-state index contributed by atoms with van der Waals surface area (Å²) in [7, 11) is 0. The van der Waals surface area contributed by atoms with Gasteiger partial charge < -0.3 is 10.5 Å². The lowest BCUT2D eigenvalue weighted by molar-refractivity contribution is 0.324. The standard InChI is InChI=1S/C13H16ClNO/c1-2-3-4-10-16-13-11(8-9-15)6-5-7-12(13)14/h5-7H,4,8-10,15H2,1H3. The summed E-state index contributed by atoms with van der Waals surface area (Å²) in [5.74, 6) is 6.52. The molecule has 0 radical (unpaired) electrons. The first kappa shape index (κ1) is 12.9. The van der Waals surface area contributed by atoms with Crippen LogP contribution in [0.25, 0.3) is 0 Å². The molecule has 0 aliphatic heterocycles. The molecular weight excluding hydrogens is 222 g/mol. The molecule has 3 heteroatoms. The van der Waals surface area contributed by atoms with Crippen LogP contribution < -0.4 is 10.5 Å². The van der Waals surface area contributed by atoms with Gasteiger partial charge in [-0.25, -0.2) is 0 Å². The van der Waals surface area contributed by atoms with E-state index in [1.54, 1.807) is 0 Å². The highest BCUT2D eigenvalue weighted by Gasteiger charge is 2.07. The van der Waals surface area contributed by atoms with Crippen LogP contribution in [0.1, 0.15) is 18.9 Å². The SMILES string of the molecule is CC#CCCOc1c(Cl)cccc1CCN. The molecule has 2 N–H and O–H groups in total. The lowest BCUT2D eigenvalue weighted by atomic mass is 10.1. The van der Waals surface area contributed by atoms with Crippen molar-refractivity contribution in [2.75, 3.05) is 13.2 Å². The smallest absolute Gasteiger partial charge is 0.141 e. The molecule has 0 atom stereocenters. The summed E-state index contributed by atoms with van der Waals surface area (Å²) in [4.78, 5) is 0. The predicted molar refractivity (Wildman–Crippen MR) is 67.8 cm³/mol. The number of hydrogen-bond donors (Lipinski definition) is 1. The van der Waals surface area contributed by atoms with Crippen LogP contribution in [0.15, 0.2) is 18.2 Å². The van der Waals surface area contributed by atoms with E-state index in [-0.39, 0.29) is 0 Å². The zero-order valence-corrected chi connectivity index (χ0v) is 10.2. The third kappa shape index (κ3) is 3.77. The van der Waals surface area contributed by atoms with E-state index in [4.69, 9.17) is 22.1 Å². The van der Waals surface area contributed by atoms with E-state index >= 15 is 0 Å². The van der Waals surface area contributed by atoms with Gasteiger partial charge in [-0.1, -0.05) is 23.7 Å². The van der Waals surface area contributed by atoms with Gasteiger partial charge in [-0.2, -0.15) is 0 Å². The Balaban J connectivity index is 2.70. The molecule has 16 heavy (non-hydrogen) atoms. The fourth-order valence-corrected chi connectivity index (χ4v) is 1.65. The lowest BCUT2D eigenvalue weighted by Crippen LogP contribution is -2.06. The average molecular weight is 238 g/mol. The van der Waals surface area contributed by atoms with Crippen molar-refractivity contribution in [3.63, 3.8) is 0 Å². The Morgan fingerprint density at radius 1 is 1.44 bits per heavy atom. The molecule has 0 amide bonds. The normalized spacial score (nSPS) is 9.44. The monoisotopic (exact) mass is 237 g/mol. The number of benzene rings is 1. The fourth-order valence-electron chi connectivity index (χ4n) is 1.40. The van der Waals surface area contributed by atoms with E-state index in [0.29, 0.717) is 24.6 Å². The van der Waals surface area contributed by atoms with Gasteiger partial charge in [0.25, 0.3) is 0 Å². The highest BCUT2D eigenvalue weighted by molar-refractivity contribution is 6.32. The summed E-state index contributed by atoms with van der Waals surface area (Å²) in [6, 6.07) is 5.72.